The third-order valence-electron chi connectivity index (χ3n) is 4.95. The molecule has 0 spiro atoms. The number of carbonyl (C=O) groups is 1. The number of halogens is 1. The molecule has 1 aliphatic rings. The first-order valence-electron chi connectivity index (χ1n) is 8.77. The van der Waals surface area contributed by atoms with Crippen LogP contribution in [0.1, 0.15) is 51.0 Å². The normalized spacial score (nSPS) is 16.7. The van der Waals surface area contributed by atoms with Gasteiger partial charge in [0.25, 0.3) is 0 Å². The van der Waals surface area contributed by atoms with Crippen LogP contribution in [-0.2, 0) is 10.2 Å². The highest BCUT2D eigenvalue weighted by atomic mass is 19.1. The molecule has 3 nitrogen and oxygen atoms in total. The van der Waals surface area contributed by atoms with E-state index in [1.54, 1.807) is 0 Å². The number of hydrogen-bond donors (Lipinski definition) is 1. The van der Waals surface area contributed by atoms with Crippen LogP contribution in [0.25, 0.3) is 0 Å². The van der Waals surface area contributed by atoms with Gasteiger partial charge in [0.15, 0.2) is 0 Å². The minimum Gasteiger partial charge on any atom is -0.354 e. The summed E-state index contributed by atoms with van der Waals surface area (Å²) in [4.78, 5) is 14.3. The number of amides is 1. The van der Waals surface area contributed by atoms with Gasteiger partial charge in [-0.05, 0) is 50.6 Å². The van der Waals surface area contributed by atoms with E-state index in [1.807, 2.05) is 19.2 Å². The minimum absolute atomic E-state index is 0.0225. The number of nitrogens with zero attached hydrogens (tertiary/aromatic N) is 1. The third-order valence-corrected chi connectivity index (χ3v) is 4.95. The Morgan fingerprint density at radius 1 is 1.26 bits per heavy atom. The van der Waals surface area contributed by atoms with Crippen molar-refractivity contribution in [1.82, 2.24) is 10.2 Å². The summed E-state index contributed by atoms with van der Waals surface area (Å²) in [6.07, 6.45) is 6.71. The molecule has 0 saturated heterocycles. The van der Waals surface area contributed by atoms with Gasteiger partial charge in [-0.25, -0.2) is 4.39 Å². The van der Waals surface area contributed by atoms with Crippen LogP contribution in [0.5, 0.6) is 0 Å². The summed E-state index contributed by atoms with van der Waals surface area (Å²) in [6.45, 7) is 4.20. The van der Waals surface area contributed by atoms with Gasteiger partial charge in [0.05, 0.1) is 6.54 Å². The molecule has 128 valence electrons. The second kappa shape index (κ2) is 8.44. The van der Waals surface area contributed by atoms with Crippen LogP contribution in [0.15, 0.2) is 24.3 Å². The Bertz CT molecular complexity index is 495. The molecule has 1 aromatic rings. The van der Waals surface area contributed by atoms with Crippen LogP contribution in [0.3, 0.4) is 0 Å². The fraction of sp³-hybridized carbons (Fsp3) is 0.632. The van der Waals surface area contributed by atoms with Crippen LogP contribution < -0.4 is 5.32 Å². The summed E-state index contributed by atoms with van der Waals surface area (Å²) >= 11 is 0. The zero-order valence-corrected chi connectivity index (χ0v) is 14.4. The van der Waals surface area contributed by atoms with Crippen LogP contribution in [-0.4, -0.2) is 37.5 Å². The fourth-order valence-electron chi connectivity index (χ4n) is 3.50. The first-order valence-corrected chi connectivity index (χ1v) is 8.77. The van der Waals surface area contributed by atoms with Crippen molar-refractivity contribution in [2.45, 2.75) is 50.9 Å². The molecule has 0 aromatic heterocycles. The zero-order chi connectivity index (χ0) is 16.7. The van der Waals surface area contributed by atoms with Gasteiger partial charge in [0.2, 0.25) is 5.91 Å². The molecule has 0 unspecified atom stereocenters. The van der Waals surface area contributed by atoms with Gasteiger partial charge in [-0.3, -0.25) is 9.69 Å². The van der Waals surface area contributed by atoms with E-state index >= 15 is 0 Å². The maximum atomic E-state index is 13.2. The number of likely N-dealkylation sites (N-methyl/N-ethyl adjacent to an activating group) is 1. The molecule has 0 radical (unpaired) electrons. The summed E-state index contributed by atoms with van der Waals surface area (Å²) in [5.74, 6) is -0.125. The van der Waals surface area contributed by atoms with Crippen LogP contribution in [0.2, 0.25) is 0 Å². The number of hydrogen-bond acceptors (Lipinski definition) is 2. The van der Waals surface area contributed by atoms with Crippen molar-refractivity contribution >= 4 is 5.91 Å². The second-order valence-electron chi connectivity index (χ2n) is 6.86. The quantitative estimate of drug-likeness (QED) is 0.795. The summed E-state index contributed by atoms with van der Waals surface area (Å²) in [6, 6.07) is 6.80. The molecule has 0 bridgehead atoms. The summed E-state index contributed by atoms with van der Waals surface area (Å²) < 4.78 is 13.2. The van der Waals surface area contributed by atoms with E-state index in [0.717, 1.165) is 37.8 Å². The van der Waals surface area contributed by atoms with Gasteiger partial charge < -0.3 is 5.32 Å². The maximum absolute atomic E-state index is 13.2. The Morgan fingerprint density at radius 3 is 2.52 bits per heavy atom. The molecule has 0 heterocycles. The van der Waals surface area contributed by atoms with Crippen molar-refractivity contribution in [3.05, 3.63) is 35.6 Å². The molecular weight excluding hydrogens is 291 g/mol. The second-order valence-corrected chi connectivity index (χ2v) is 6.86. The van der Waals surface area contributed by atoms with Crippen molar-refractivity contribution in [1.29, 1.82) is 0 Å². The number of rotatable bonds is 8. The van der Waals surface area contributed by atoms with Gasteiger partial charge in [0.1, 0.15) is 5.82 Å². The number of nitrogens with one attached hydrogen (secondary N) is 1. The standard InChI is InChI=1S/C19H29FN2O/c1-3-4-13-22(2)14-18(23)21-15-19(11-5-6-12-19)16-7-9-17(20)10-8-16/h7-10H,3-6,11-15H2,1-2H3,(H,21,23). The molecule has 1 aliphatic carbocycles. The molecular formula is C19H29FN2O. The van der Waals surface area contributed by atoms with Gasteiger partial charge in [-0.2, -0.15) is 0 Å². The number of carbonyl (C=O) groups excluding carboxylic acids is 1. The highest BCUT2D eigenvalue weighted by Gasteiger charge is 2.35. The Morgan fingerprint density at radius 2 is 1.91 bits per heavy atom. The van der Waals surface area contributed by atoms with Crippen LogP contribution >= 0.6 is 0 Å². The SMILES string of the molecule is CCCCN(C)CC(=O)NCC1(c2ccc(F)cc2)CCCC1. The van der Waals surface area contributed by atoms with Crippen molar-refractivity contribution in [2.24, 2.45) is 0 Å². The summed E-state index contributed by atoms with van der Waals surface area (Å²) in [7, 11) is 1.99. The Labute approximate surface area is 139 Å². The van der Waals surface area contributed by atoms with E-state index < -0.39 is 0 Å². The average molecular weight is 320 g/mol. The Balaban J connectivity index is 1.92. The first kappa shape index (κ1) is 17.9. The lowest BCUT2D eigenvalue weighted by Gasteiger charge is -2.30. The lowest BCUT2D eigenvalue weighted by molar-refractivity contribution is -0.122. The predicted molar refractivity (Wildman–Crippen MR) is 92.0 cm³/mol. The highest BCUT2D eigenvalue weighted by molar-refractivity contribution is 5.78. The predicted octanol–water partition coefficient (Wildman–Crippen LogP) is 3.49. The van der Waals surface area contributed by atoms with Crippen molar-refractivity contribution < 1.29 is 9.18 Å². The minimum atomic E-state index is -0.205. The molecule has 1 aromatic carbocycles. The molecule has 1 fully saturated rings. The number of unbranched alkanes of at least 4 members (excludes halogenated alkanes) is 1. The molecule has 23 heavy (non-hydrogen) atoms. The molecule has 1 saturated carbocycles. The largest absolute Gasteiger partial charge is 0.354 e. The van der Waals surface area contributed by atoms with Crippen molar-refractivity contribution in [2.75, 3.05) is 26.7 Å². The van der Waals surface area contributed by atoms with Gasteiger partial charge in [-0.15, -0.1) is 0 Å². The average Bonchev–Trinajstić information content (AvgIpc) is 3.02. The van der Waals surface area contributed by atoms with E-state index in [0.29, 0.717) is 13.1 Å². The Kier molecular flexibility index (Phi) is 6.58. The first-order chi connectivity index (χ1) is 11.1. The zero-order valence-electron chi connectivity index (χ0n) is 14.4. The maximum Gasteiger partial charge on any atom is 0.234 e. The van der Waals surface area contributed by atoms with E-state index in [4.69, 9.17) is 0 Å². The van der Waals surface area contributed by atoms with Crippen molar-refractivity contribution in [3.63, 3.8) is 0 Å². The van der Waals surface area contributed by atoms with E-state index in [1.165, 1.54) is 25.0 Å². The molecule has 1 amide bonds. The highest BCUT2D eigenvalue weighted by Crippen LogP contribution is 2.40. The third kappa shape index (κ3) is 5.03. The summed E-state index contributed by atoms with van der Waals surface area (Å²) in [5, 5.41) is 3.11. The topological polar surface area (TPSA) is 32.3 Å². The van der Waals surface area contributed by atoms with Crippen molar-refractivity contribution in [3.8, 4) is 0 Å². The fourth-order valence-corrected chi connectivity index (χ4v) is 3.50. The van der Waals surface area contributed by atoms with E-state index in [-0.39, 0.29) is 17.1 Å². The van der Waals surface area contributed by atoms with Gasteiger partial charge in [-0.1, -0.05) is 38.3 Å². The molecule has 4 heteroatoms. The van der Waals surface area contributed by atoms with E-state index in [9.17, 15) is 9.18 Å². The van der Waals surface area contributed by atoms with Gasteiger partial charge >= 0.3 is 0 Å². The van der Waals surface area contributed by atoms with E-state index in [2.05, 4.69) is 17.1 Å². The molecule has 2 rings (SSSR count). The molecule has 0 aliphatic heterocycles. The van der Waals surface area contributed by atoms with Crippen LogP contribution in [0, 0.1) is 5.82 Å². The molecule has 0 atom stereocenters. The van der Waals surface area contributed by atoms with Gasteiger partial charge in [0, 0.05) is 12.0 Å². The molecule has 1 N–H and O–H groups in total. The lowest BCUT2D eigenvalue weighted by atomic mass is 9.79. The lowest BCUT2D eigenvalue weighted by Crippen LogP contribution is -2.43. The number of benzene rings is 1. The Hall–Kier alpha value is -1.42. The smallest absolute Gasteiger partial charge is 0.234 e. The summed E-state index contributed by atoms with van der Waals surface area (Å²) in [5.41, 5.74) is 1.13. The monoisotopic (exact) mass is 320 g/mol. The van der Waals surface area contributed by atoms with Crippen LogP contribution in [0.4, 0.5) is 4.39 Å².